The number of hydrogen-bond donors (Lipinski definition) is 2. The molecule has 0 aliphatic rings. The third-order valence-corrected chi connectivity index (χ3v) is 3.47. The average molecular weight is 390 g/mol. The van der Waals surface area contributed by atoms with Crippen molar-refractivity contribution in [2.24, 2.45) is 0 Å². The first-order valence-electron chi connectivity index (χ1n) is 8.98. The van der Waals surface area contributed by atoms with E-state index in [1.165, 1.54) is 9.80 Å². The van der Waals surface area contributed by atoms with E-state index in [0.29, 0.717) is 6.61 Å². The molecule has 0 radical (unpaired) electrons. The van der Waals surface area contributed by atoms with Crippen molar-refractivity contribution in [2.45, 2.75) is 33.1 Å². The van der Waals surface area contributed by atoms with Gasteiger partial charge in [0.05, 0.1) is 39.4 Å². The highest BCUT2D eigenvalue weighted by molar-refractivity contribution is 5.75. The van der Waals surface area contributed by atoms with Crippen molar-refractivity contribution < 1.29 is 38.9 Å². The Morgan fingerprint density at radius 3 is 1.67 bits per heavy atom. The number of hydrogen-bond acceptors (Lipinski definition) is 8. The minimum Gasteiger partial charge on any atom is -0.480 e. The normalized spacial score (nSPS) is 10.8. The van der Waals surface area contributed by atoms with Crippen LogP contribution in [-0.4, -0.2) is 96.4 Å². The van der Waals surface area contributed by atoms with Crippen LogP contribution in [0.1, 0.15) is 33.1 Å². The Hall–Kier alpha value is -2.20. The van der Waals surface area contributed by atoms with Crippen LogP contribution < -0.4 is 0 Å². The average Bonchev–Trinajstić information content (AvgIpc) is 2.55. The third kappa shape index (κ3) is 14.6. The van der Waals surface area contributed by atoms with E-state index in [-0.39, 0.29) is 32.8 Å². The van der Waals surface area contributed by atoms with Crippen molar-refractivity contribution in [2.75, 3.05) is 52.5 Å². The fourth-order valence-electron chi connectivity index (χ4n) is 2.25. The number of carbonyl (C=O) groups is 4. The number of carboxylic acid groups (broad SMARTS) is 2. The van der Waals surface area contributed by atoms with E-state index in [9.17, 15) is 19.2 Å². The maximum absolute atomic E-state index is 11.9. The number of esters is 2. The van der Waals surface area contributed by atoms with Gasteiger partial charge in [-0.05, 0) is 13.3 Å². The molecule has 0 spiro atoms. The summed E-state index contributed by atoms with van der Waals surface area (Å²) in [5, 5.41) is 17.7. The van der Waals surface area contributed by atoms with Crippen molar-refractivity contribution in [3.63, 3.8) is 0 Å². The van der Waals surface area contributed by atoms with E-state index in [1.54, 1.807) is 6.92 Å². The molecule has 0 aliphatic heterocycles. The number of ether oxygens (including phenoxy) is 2. The monoisotopic (exact) mass is 390 g/mol. The highest BCUT2D eigenvalue weighted by Crippen LogP contribution is 1.99. The topological polar surface area (TPSA) is 134 Å². The Balaban J connectivity index is 4.71. The predicted octanol–water partition coefficient (Wildman–Crippen LogP) is 0.0561. The molecule has 0 saturated heterocycles. The van der Waals surface area contributed by atoms with E-state index in [2.05, 4.69) is 0 Å². The predicted molar refractivity (Wildman–Crippen MR) is 95.3 cm³/mol. The number of aliphatic carboxylic acids is 2. The molecule has 0 fully saturated rings. The molecule has 0 aromatic rings. The molecular weight excluding hydrogens is 360 g/mol. The number of carbonyl (C=O) groups excluding carboxylic acids is 2. The number of nitrogens with zero attached hydrogens (tertiary/aromatic N) is 2. The third-order valence-electron chi connectivity index (χ3n) is 3.47. The molecule has 0 atom stereocenters. The van der Waals surface area contributed by atoms with Gasteiger partial charge in [-0.2, -0.15) is 0 Å². The quantitative estimate of drug-likeness (QED) is 0.275. The smallest absolute Gasteiger partial charge is 0.320 e. The number of carboxylic acids is 2. The molecule has 0 amide bonds. The van der Waals surface area contributed by atoms with Gasteiger partial charge in [0.1, 0.15) is 0 Å². The lowest BCUT2D eigenvalue weighted by molar-refractivity contribution is -0.150. The Labute approximate surface area is 159 Å². The standard InChI is InChI=1S/C17H30N2O8/c1-3-5-6-9-27-17(25)13-19(12-16(24)26-4-2)8-7-18(10-14(20)21)11-15(22)23/h3-13H2,1-2H3,(H,20,21)(H,22,23). The Bertz CT molecular complexity index is 468. The maximum Gasteiger partial charge on any atom is 0.320 e. The number of unbranched alkanes of at least 4 members (excludes halogenated alkanes) is 2. The summed E-state index contributed by atoms with van der Waals surface area (Å²) in [6.45, 7) is 3.09. The van der Waals surface area contributed by atoms with Gasteiger partial charge in [0.25, 0.3) is 0 Å². The molecule has 27 heavy (non-hydrogen) atoms. The van der Waals surface area contributed by atoms with Crippen molar-refractivity contribution in [3.8, 4) is 0 Å². The fraction of sp³-hybridized carbons (Fsp3) is 0.765. The molecule has 0 unspecified atom stereocenters. The van der Waals surface area contributed by atoms with E-state index < -0.39 is 37.0 Å². The van der Waals surface area contributed by atoms with Crippen molar-refractivity contribution in [1.82, 2.24) is 9.80 Å². The summed E-state index contributed by atoms with van der Waals surface area (Å²) >= 11 is 0. The summed E-state index contributed by atoms with van der Waals surface area (Å²) < 4.78 is 9.99. The zero-order valence-electron chi connectivity index (χ0n) is 16.0. The van der Waals surface area contributed by atoms with Gasteiger partial charge in [-0.25, -0.2) is 0 Å². The van der Waals surface area contributed by atoms with Crippen molar-refractivity contribution in [3.05, 3.63) is 0 Å². The minimum atomic E-state index is -1.16. The first-order valence-corrected chi connectivity index (χ1v) is 8.98. The molecule has 0 bridgehead atoms. The molecule has 0 heterocycles. The lowest BCUT2D eigenvalue weighted by Gasteiger charge is -2.24. The molecule has 2 N–H and O–H groups in total. The van der Waals surface area contributed by atoms with Crippen molar-refractivity contribution >= 4 is 23.9 Å². The summed E-state index contributed by atoms with van der Waals surface area (Å²) in [5.41, 5.74) is 0. The zero-order chi connectivity index (χ0) is 20.7. The first-order chi connectivity index (χ1) is 12.8. The minimum absolute atomic E-state index is 0.0567. The largest absolute Gasteiger partial charge is 0.480 e. The van der Waals surface area contributed by atoms with Gasteiger partial charge < -0.3 is 19.7 Å². The van der Waals surface area contributed by atoms with Crippen LogP contribution in [0.15, 0.2) is 0 Å². The molecule has 0 aliphatic carbocycles. The SMILES string of the molecule is CCCCCOC(=O)CN(CCN(CC(=O)O)CC(=O)O)CC(=O)OCC. The molecule has 156 valence electrons. The van der Waals surface area contributed by atoms with Gasteiger partial charge >= 0.3 is 23.9 Å². The lowest BCUT2D eigenvalue weighted by Crippen LogP contribution is -2.43. The van der Waals surface area contributed by atoms with E-state index in [1.807, 2.05) is 6.92 Å². The van der Waals surface area contributed by atoms with Crippen LogP contribution >= 0.6 is 0 Å². The second kappa shape index (κ2) is 14.9. The first kappa shape index (κ1) is 24.8. The molecule has 0 aromatic carbocycles. The van der Waals surface area contributed by atoms with Crippen LogP contribution in [0.4, 0.5) is 0 Å². The van der Waals surface area contributed by atoms with Gasteiger partial charge in [0, 0.05) is 13.1 Å². The second-order valence-corrected chi connectivity index (χ2v) is 5.94. The van der Waals surface area contributed by atoms with E-state index >= 15 is 0 Å². The Kier molecular flexibility index (Phi) is 13.7. The zero-order valence-corrected chi connectivity index (χ0v) is 16.0. The second-order valence-electron chi connectivity index (χ2n) is 5.94. The molecule has 10 heteroatoms. The lowest BCUT2D eigenvalue weighted by atomic mass is 10.3. The summed E-state index contributed by atoms with van der Waals surface area (Å²) in [4.78, 5) is 48.0. The summed E-state index contributed by atoms with van der Waals surface area (Å²) in [5.74, 6) is -3.36. The van der Waals surface area contributed by atoms with Crippen molar-refractivity contribution in [1.29, 1.82) is 0 Å². The Morgan fingerprint density at radius 1 is 0.741 bits per heavy atom. The van der Waals surface area contributed by atoms with Gasteiger partial charge in [0.2, 0.25) is 0 Å². The fourth-order valence-corrected chi connectivity index (χ4v) is 2.25. The van der Waals surface area contributed by atoms with Crippen LogP contribution in [0.3, 0.4) is 0 Å². The van der Waals surface area contributed by atoms with Crippen LogP contribution in [0.25, 0.3) is 0 Å². The summed E-state index contributed by atoms with van der Waals surface area (Å²) in [6, 6.07) is 0. The van der Waals surface area contributed by atoms with E-state index in [4.69, 9.17) is 19.7 Å². The van der Waals surface area contributed by atoms with Gasteiger partial charge in [-0.3, -0.25) is 29.0 Å². The van der Waals surface area contributed by atoms with Gasteiger partial charge in [0.15, 0.2) is 0 Å². The molecule has 0 aromatic heterocycles. The highest BCUT2D eigenvalue weighted by Gasteiger charge is 2.19. The van der Waals surface area contributed by atoms with Gasteiger partial charge in [-0.1, -0.05) is 19.8 Å². The van der Waals surface area contributed by atoms with Gasteiger partial charge in [-0.15, -0.1) is 0 Å². The molecule has 0 rings (SSSR count). The molecule has 0 saturated carbocycles. The summed E-state index contributed by atoms with van der Waals surface area (Å²) in [7, 11) is 0. The maximum atomic E-state index is 11.9. The Morgan fingerprint density at radius 2 is 1.22 bits per heavy atom. The summed E-state index contributed by atoms with van der Waals surface area (Å²) in [6.07, 6.45) is 2.69. The van der Waals surface area contributed by atoms with E-state index in [0.717, 1.165) is 19.3 Å². The van der Waals surface area contributed by atoms with Crippen LogP contribution in [0, 0.1) is 0 Å². The van der Waals surface area contributed by atoms with Crippen LogP contribution in [-0.2, 0) is 28.7 Å². The number of rotatable bonds is 16. The van der Waals surface area contributed by atoms with Crippen LogP contribution in [0.2, 0.25) is 0 Å². The highest BCUT2D eigenvalue weighted by atomic mass is 16.5. The van der Waals surface area contributed by atoms with Crippen LogP contribution in [0.5, 0.6) is 0 Å². The molecular formula is C17H30N2O8. The molecule has 10 nitrogen and oxygen atoms in total.